The predicted octanol–water partition coefficient (Wildman–Crippen LogP) is -0.996. The predicted molar refractivity (Wildman–Crippen MR) is 51.8 cm³/mol. The normalized spacial score (nSPS) is 20.5. The van der Waals surface area contributed by atoms with E-state index in [1.54, 1.807) is 4.90 Å². The summed E-state index contributed by atoms with van der Waals surface area (Å²) >= 11 is 0. The van der Waals surface area contributed by atoms with Gasteiger partial charge in [0.15, 0.2) is 5.96 Å². The fourth-order valence-corrected chi connectivity index (χ4v) is 1.70. The monoisotopic (exact) mass is 200 g/mol. The number of hydrogen-bond donors (Lipinski definition) is 4. The van der Waals surface area contributed by atoms with Crippen LogP contribution in [0.5, 0.6) is 0 Å². The van der Waals surface area contributed by atoms with Crippen LogP contribution in [0.2, 0.25) is 0 Å². The standard InChI is InChI=1S/C8H16N4O2/c9-6(7(13)14)5-1-3-12(4-2-5)8(10)11/h5-6H,1-4,9H2,(H3,10,11)(H,13,14). The lowest BCUT2D eigenvalue weighted by Crippen LogP contribution is -2.47. The molecule has 1 heterocycles. The molecule has 1 aliphatic rings. The molecule has 0 bridgehead atoms. The Hall–Kier alpha value is -1.30. The maximum atomic E-state index is 10.6. The molecule has 14 heavy (non-hydrogen) atoms. The fraction of sp³-hybridized carbons (Fsp3) is 0.750. The van der Waals surface area contributed by atoms with Gasteiger partial charge in [0, 0.05) is 13.1 Å². The minimum Gasteiger partial charge on any atom is -0.480 e. The molecule has 0 saturated carbocycles. The van der Waals surface area contributed by atoms with Crippen molar-refractivity contribution in [3.63, 3.8) is 0 Å². The lowest BCUT2D eigenvalue weighted by atomic mass is 9.90. The van der Waals surface area contributed by atoms with E-state index in [0.717, 1.165) is 0 Å². The summed E-state index contributed by atoms with van der Waals surface area (Å²) in [4.78, 5) is 12.3. The van der Waals surface area contributed by atoms with E-state index in [-0.39, 0.29) is 11.9 Å². The first kappa shape index (κ1) is 10.8. The van der Waals surface area contributed by atoms with Crippen LogP contribution in [0.4, 0.5) is 0 Å². The van der Waals surface area contributed by atoms with E-state index < -0.39 is 12.0 Å². The molecule has 6 N–H and O–H groups in total. The van der Waals surface area contributed by atoms with Gasteiger partial charge in [-0.05, 0) is 18.8 Å². The summed E-state index contributed by atoms with van der Waals surface area (Å²) in [6, 6.07) is -0.788. The maximum absolute atomic E-state index is 10.6. The summed E-state index contributed by atoms with van der Waals surface area (Å²) < 4.78 is 0. The first-order valence-corrected chi connectivity index (χ1v) is 4.59. The Morgan fingerprint density at radius 1 is 1.50 bits per heavy atom. The number of carboxylic acid groups (broad SMARTS) is 1. The zero-order chi connectivity index (χ0) is 10.7. The summed E-state index contributed by atoms with van der Waals surface area (Å²) in [5, 5.41) is 15.9. The smallest absolute Gasteiger partial charge is 0.320 e. The van der Waals surface area contributed by atoms with Crippen LogP contribution in [0.3, 0.4) is 0 Å². The van der Waals surface area contributed by atoms with E-state index in [2.05, 4.69) is 0 Å². The van der Waals surface area contributed by atoms with Crippen molar-refractivity contribution in [3.8, 4) is 0 Å². The Morgan fingerprint density at radius 3 is 2.36 bits per heavy atom. The van der Waals surface area contributed by atoms with E-state index in [1.165, 1.54) is 0 Å². The molecule has 1 saturated heterocycles. The Labute approximate surface area is 82.4 Å². The largest absolute Gasteiger partial charge is 0.480 e. The third-order valence-corrected chi connectivity index (χ3v) is 2.67. The van der Waals surface area contributed by atoms with Crippen LogP contribution in [0.15, 0.2) is 0 Å². The highest BCUT2D eigenvalue weighted by molar-refractivity contribution is 5.75. The highest BCUT2D eigenvalue weighted by Gasteiger charge is 2.28. The van der Waals surface area contributed by atoms with Crippen molar-refractivity contribution in [1.29, 1.82) is 5.41 Å². The fourth-order valence-electron chi connectivity index (χ4n) is 1.70. The number of aliphatic carboxylic acids is 1. The first-order chi connectivity index (χ1) is 6.52. The van der Waals surface area contributed by atoms with Crippen LogP contribution in [-0.4, -0.2) is 41.1 Å². The summed E-state index contributed by atoms with van der Waals surface area (Å²) in [6.45, 7) is 1.25. The molecule has 80 valence electrons. The number of hydrogen-bond acceptors (Lipinski definition) is 3. The second-order valence-electron chi connectivity index (χ2n) is 3.57. The molecule has 0 amide bonds. The van der Waals surface area contributed by atoms with Gasteiger partial charge in [-0.2, -0.15) is 0 Å². The third-order valence-electron chi connectivity index (χ3n) is 2.67. The molecule has 0 aromatic carbocycles. The Kier molecular flexibility index (Phi) is 3.29. The lowest BCUT2D eigenvalue weighted by Gasteiger charge is -2.33. The SMILES string of the molecule is N=C(N)N1CCC(C(N)C(=O)O)CC1. The van der Waals surface area contributed by atoms with Crippen molar-refractivity contribution in [2.75, 3.05) is 13.1 Å². The van der Waals surface area contributed by atoms with Crippen LogP contribution >= 0.6 is 0 Å². The second kappa shape index (κ2) is 4.28. The first-order valence-electron chi connectivity index (χ1n) is 4.59. The van der Waals surface area contributed by atoms with Gasteiger partial charge in [-0.15, -0.1) is 0 Å². The molecule has 0 spiro atoms. The number of nitrogens with two attached hydrogens (primary N) is 2. The van der Waals surface area contributed by atoms with E-state index >= 15 is 0 Å². The average molecular weight is 200 g/mol. The van der Waals surface area contributed by atoms with Crippen molar-refractivity contribution in [3.05, 3.63) is 0 Å². The van der Waals surface area contributed by atoms with E-state index in [4.69, 9.17) is 22.0 Å². The minimum atomic E-state index is -0.953. The molecule has 0 aromatic heterocycles. The zero-order valence-electron chi connectivity index (χ0n) is 7.94. The van der Waals surface area contributed by atoms with Gasteiger partial charge in [0.1, 0.15) is 6.04 Å². The van der Waals surface area contributed by atoms with Crippen molar-refractivity contribution in [1.82, 2.24) is 4.90 Å². The van der Waals surface area contributed by atoms with Gasteiger partial charge in [-0.25, -0.2) is 0 Å². The highest BCUT2D eigenvalue weighted by atomic mass is 16.4. The lowest BCUT2D eigenvalue weighted by molar-refractivity contribution is -0.140. The number of likely N-dealkylation sites (tertiary alicyclic amines) is 1. The number of carboxylic acids is 1. The summed E-state index contributed by atoms with van der Waals surface area (Å²) in [7, 11) is 0. The van der Waals surface area contributed by atoms with E-state index in [9.17, 15) is 4.79 Å². The molecule has 1 fully saturated rings. The van der Waals surface area contributed by atoms with E-state index in [1.807, 2.05) is 0 Å². The molecular formula is C8H16N4O2. The van der Waals surface area contributed by atoms with Crippen LogP contribution < -0.4 is 11.5 Å². The molecular weight excluding hydrogens is 184 g/mol. The van der Waals surface area contributed by atoms with Crippen LogP contribution in [0.25, 0.3) is 0 Å². The van der Waals surface area contributed by atoms with Crippen LogP contribution in [0.1, 0.15) is 12.8 Å². The summed E-state index contributed by atoms with van der Waals surface area (Å²) in [5.41, 5.74) is 10.8. The van der Waals surface area contributed by atoms with Gasteiger partial charge < -0.3 is 21.5 Å². The summed E-state index contributed by atoms with van der Waals surface area (Å²) in [6.07, 6.45) is 1.38. The number of piperidine rings is 1. The van der Waals surface area contributed by atoms with Gasteiger partial charge in [-0.3, -0.25) is 10.2 Å². The van der Waals surface area contributed by atoms with Crippen LogP contribution in [-0.2, 0) is 4.79 Å². The number of carbonyl (C=O) groups is 1. The molecule has 1 unspecified atom stereocenters. The Morgan fingerprint density at radius 2 is 2.00 bits per heavy atom. The van der Waals surface area contributed by atoms with Crippen molar-refractivity contribution < 1.29 is 9.90 Å². The van der Waals surface area contributed by atoms with Crippen molar-refractivity contribution in [2.45, 2.75) is 18.9 Å². The summed E-state index contributed by atoms with van der Waals surface area (Å²) in [5.74, 6) is -0.901. The minimum absolute atomic E-state index is 0.00287. The molecule has 1 rings (SSSR count). The van der Waals surface area contributed by atoms with Crippen molar-refractivity contribution >= 4 is 11.9 Å². The topological polar surface area (TPSA) is 116 Å². The Balaban J connectivity index is 2.43. The highest BCUT2D eigenvalue weighted by Crippen LogP contribution is 2.19. The number of guanidine groups is 1. The third kappa shape index (κ3) is 2.35. The zero-order valence-corrected chi connectivity index (χ0v) is 7.94. The quantitative estimate of drug-likeness (QED) is 0.337. The van der Waals surface area contributed by atoms with Gasteiger partial charge >= 0.3 is 5.97 Å². The van der Waals surface area contributed by atoms with Gasteiger partial charge in [-0.1, -0.05) is 0 Å². The molecule has 6 nitrogen and oxygen atoms in total. The molecule has 6 heteroatoms. The molecule has 0 aromatic rings. The maximum Gasteiger partial charge on any atom is 0.320 e. The van der Waals surface area contributed by atoms with Gasteiger partial charge in [0.25, 0.3) is 0 Å². The average Bonchev–Trinajstić information content (AvgIpc) is 2.16. The number of nitrogens with one attached hydrogen (secondary N) is 1. The van der Waals surface area contributed by atoms with Crippen LogP contribution in [0, 0.1) is 11.3 Å². The van der Waals surface area contributed by atoms with E-state index in [0.29, 0.717) is 25.9 Å². The molecule has 1 aliphatic heterocycles. The molecule has 1 atom stereocenters. The molecule has 0 aliphatic carbocycles. The van der Waals surface area contributed by atoms with Gasteiger partial charge in [0.05, 0.1) is 0 Å². The second-order valence-corrected chi connectivity index (χ2v) is 3.57. The molecule has 0 radical (unpaired) electrons. The number of nitrogens with zero attached hydrogens (tertiary/aromatic N) is 1. The number of rotatable bonds is 2. The van der Waals surface area contributed by atoms with Crippen molar-refractivity contribution in [2.24, 2.45) is 17.4 Å². The Bertz CT molecular complexity index is 235. The van der Waals surface area contributed by atoms with Gasteiger partial charge in [0.2, 0.25) is 0 Å².